The first-order valence-electron chi connectivity index (χ1n) is 3.74. The highest BCUT2D eigenvalue weighted by Gasteiger charge is 2.03. The van der Waals surface area contributed by atoms with Crippen LogP contribution in [0.1, 0.15) is 16.8 Å². The molecule has 66 valence electrons. The molecule has 3 nitrogen and oxygen atoms in total. The van der Waals surface area contributed by atoms with Crippen molar-refractivity contribution >= 4 is 5.78 Å². The van der Waals surface area contributed by atoms with Crippen LogP contribution in [-0.4, -0.2) is 17.9 Å². The molecule has 1 aromatic heterocycles. The molecule has 0 aliphatic heterocycles. The topological polar surface area (TPSA) is 39.2 Å². The second-order valence-corrected chi connectivity index (χ2v) is 2.39. The van der Waals surface area contributed by atoms with Gasteiger partial charge in [0.2, 0.25) is 5.88 Å². The first-order chi connectivity index (χ1) is 6.27. The SMILES string of the molecule is C#CCC(=O)c1ccc(OC)nc1. The zero-order valence-electron chi connectivity index (χ0n) is 7.28. The maximum Gasteiger partial charge on any atom is 0.212 e. The number of pyridine rings is 1. The van der Waals surface area contributed by atoms with Crippen LogP contribution in [0.3, 0.4) is 0 Å². The molecule has 0 fully saturated rings. The molecule has 0 saturated carbocycles. The molecule has 0 radical (unpaired) electrons. The van der Waals surface area contributed by atoms with E-state index in [1.165, 1.54) is 13.3 Å². The van der Waals surface area contributed by atoms with Gasteiger partial charge in [-0.05, 0) is 6.07 Å². The van der Waals surface area contributed by atoms with Crippen molar-refractivity contribution in [2.24, 2.45) is 0 Å². The summed E-state index contributed by atoms with van der Waals surface area (Å²) in [5.41, 5.74) is 0.513. The number of nitrogens with zero attached hydrogens (tertiary/aromatic N) is 1. The number of aromatic nitrogens is 1. The summed E-state index contributed by atoms with van der Waals surface area (Å²) in [6.07, 6.45) is 6.57. The van der Waals surface area contributed by atoms with Crippen molar-refractivity contribution in [1.82, 2.24) is 4.98 Å². The lowest BCUT2D eigenvalue weighted by atomic mass is 10.1. The molecule has 13 heavy (non-hydrogen) atoms. The number of methoxy groups -OCH3 is 1. The highest BCUT2D eigenvalue weighted by atomic mass is 16.5. The number of hydrogen-bond acceptors (Lipinski definition) is 3. The lowest BCUT2D eigenvalue weighted by Crippen LogP contribution is -1.98. The molecular formula is C10H9NO2. The van der Waals surface area contributed by atoms with Gasteiger partial charge in [0.05, 0.1) is 13.5 Å². The third-order valence-corrected chi connectivity index (χ3v) is 1.53. The minimum Gasteiger partial charge on any atom is -0.481 e. The van der Waals surface area contributed by atoms with Crippen molar-refractivity contribution in [2.45, 2.75) is 6.42 Å². The fraction of sp³-hybridized carbons (Fsp3) is 0.200. The molecule has 1 rings (SSSR count). The van der Waals surface area contributed by atoms with E-state index in [9.17, 15) is 4.79 Å². The Morgan fingerprint density at radius 2 is 2.46 bits per heavy atom. The molecule has 0 amide bonds. The molecule has 0 aliphatic rings. The average Bonchev–Trinajstić information content (AvgIpc) is 2.18. The molecule has 0 bridgehead atoms. The molecule has 1 heterocycles. The van der Waals surface area contributed by atoms with Gasteiger partial charge in [-0.25, -0.2) is 4.98 Å². The maximum atomic E-state index is 11.2. The van der Waals surface area contributed by atoms with E-state index >= 15 is 0 Å². The number of ether oxygens (including phenoxy) is 1. The largest absolute Gasteiger partial charge is 0.481 e. The standard InChI is InChI=1S/C10H9NO2/c1-3-4-9(12)8-5-6-10(13-2)11-7-8/h1,5-7H,4H2,2H3. The second kappa shape index (κ2) is 4.27. The molecular weight excluding hydrogens is 166 g/mol. The van der Waals surface area contributed by atoms with E-state index in [0.29, 0.717) is 11.4 Å². The van der Waals surface area contributed by atoms with Gasteiger partial charge < -0.3 is 4.74 Å². The fourth-order valence-corrected chi connectivity index (χ4v) is 0.861. The molecule has 0 spiro atoms. The van der Waals surface area contributed by atoms with Crippen LogP contribution in [0.25, 0.3) is 0 Å². The number of ketones is 1. The maximum absolute atomic E-state index is 11.2. The molecule has 0 saturated heterocycles. The van der Waals surface area contributed by atoms with Crippen LogP contribution in [0.4, 0.5) is 0 Å². The minimum absolute atomic E-state index is 0.0994. The van der Waals surface area contributed by atoms with Gasteiger partial charge in [0.15, 0.2) is 5.78 Å². The predicted octanol–water partition coefficient (Wildman–Crippen LogP) is 1.30. The monoisotopic (exact) mass is 175 g/mol. The number of Topliss-reactive ketones (excluding diaryl/α,β-unsaturated/α-hetero) is 1. The van der Waals surface area contributed by atoms with Crippen LogP contribution >= 0.6 is 0 Å². The Morgan fingerprint density at radius 3 is 2.92 bits per heavy atom. The zero-order chi connectivity index (χ0) is 9.68. The van der Waals surface area contributed by atoms with E-state index in [-0.39, 0.29) is 12.2 Å². The van der Waals surface area contributed by atoms with Gasteiger partial charge in [0.1, 0.15) is 0 Å². The number of carbonyl (C=O) groups excluding carboxylic acids is 1. The van der Waals surface area contributed by atoms with Gasteiger partial charge in [-0.2, -0.15) is 0 Å². The minimum atomic E-state index is -0.0994. The van der Waals surface area contributed by atoms with Gasteiger partial charge in [-0.15, -0.1) is 6.42 Å². The van der Waals surface area contributed by atoms with Crippen molar-refractivity contribution in [1.29, 1.82) is 0 Å². The van der Waals surface area contributed by atoms with E-state index < -0.39 is 0 Å². The molecule has 1 aromatic rings. The zero-order valence-corrected chi connectivity index (χ0v) is 7.28. The molecule has 0 unspecified atom stereocenters. The Morgan fingerprint density at radius 1 is 1.69 bits per heavy atom. The van der Waals surface area contributed by atoms with Gasteiger partial charge in [-0.1, -0.05) is 5.92 Å². The summed E-state index contributed by atoms with van der Waals surface area (Å²) in [6.45, 7) is 0. The number of carbonyl (C=O) groups is 1. The molecule has 0 N–H and O–H groups in total. The summed E-state index contributed by atoms with van der Waals surface area (Å²) in [5.74, 6) is 2.67. The normalized spacial score (nSPS) is 8.92. The molecule has 3 heteroatoms. The van der Waals surface area contributed by atoms with Crippen molar-refractivity contribution in [3.63, 3.8) is 0 Å². The Balaban J connectivity index is 2.81. The number of terminal acetylenes is 1. The van der Waals surface area contributed by atoms with Crippen LogP contribution in [0, 0.1) is 12.3 Å². The van der Waals surface area contributed by atoms with Crippen molar-refractivity contribution in [2.75, 3.05) is 7.11 Å². The van der Waals surface area contributed by atoms with Gasteiger partial charge in [0, 0.05) is 17.8 Å². The highest BCUT2D eigenvalue weighted by Crippen LogP contribution is 2.07. The van der Waals surface area contributed by atoms with E-state index in [0.717, 1.165) is 0 Å². The van der Waals surface area contributed by atoms with Crippen LogP contribution in [0.5, 0.6) is 5.88 Å². The predicted molar refractivity (Wildman–Crippen MR) is 48.6 cm³/mol. The van der Waals surface area contributed by atoms with E-state index in [1.807, 2.05) is 0 Å². The first kappa shape index (κ1) is 9.27. The van der Waals surface area contributed by atoms with Crippen LogP contribution in [0.2, 0.25) is 0 Å². The van der Waals surface area contributed by atoms with Gasteiger partial charge in [-0.3, -0.25) is 4.79 Å². The van der Waals surface area contributed by atoms with Crippen molar-refractivity contribution in [3.8, 4) is 18.2 Å². The Kier molecular flexibility index (Phi) is 3.04. The Hall–Kier alpha value is -1.82. The second-order valence-electron chi connectivity index (χ2n) is 2.39. The van der Waals surface area contributed by atoms with Gasteiger partial charge in [0.25, 0.3) is 0 Å². The van der Waals surface area contributed by atoms with E-state index in [4.69, 9.17) is 11.2 Å². The Labute approximate surface area is 76.8 Å². The summed E-state index contributed by atoms with van der Waals surface area (Å²) < 4.78 is 4.85. The number of hydrogen-bond donors (Lipinski definition) is 0. The molecule has 0 aliphatic carbocycles. The summed E-state index contributed by atoms with van der Waals surface area (Å²) in [4.78, 5) is 15.1. The van der Waals surface area contributed by atoms with Crippen molar-refractivity contribution in [3.05, 3.63) is 23.9 Å². The smallest absolute Gasteiger partial charge is 0.212 e. The number of rotatable bonds is 3. The highest BCUT2D eigenvalue weighted by molar-refractivity contribution is 5.97. The first-order valence-corrected chi connectivity index (χ1v) is 3.74. The fourth-order valence-electron chi connectivity index (χ4n) is 0.861. The quantitative estimate of drug-likeness (QED) is 0.513. The lowest BCUT2D eigenvalue weighted by molar-refractivity contribution is 0.0998. The lowest BCUT2D eigenvalue weighted by Gasteiger charge is -1.99. The third-order valence-electron chi connectivity index (χ3n) is 1.53. The van der Waals surface area contributed by atoms with Crippen LogP contribution < -0.4 is 4.74 Å². The molecule has 0 aromatic carbocycles. The van der Waals surface area contributed by atoms with Crippen LogP contribution in [0.15, 0.2) is 18.3 Å². The Bertz CT molecular complexity index is 335. The van der Waals surface area contributed by atoms with Crippen molar-refractivity contribution < 1.29 is 9.53 Å². The van der Waals surface area contributed by atoms with E-state index in [1.54, 1.807) is 12.1 Å². The summed E-state index contributed by atoms with van der Waals surface area (Å²) in [6, 6.07) is 3.27. The summed E-state index contributed by atoms with van der Waals surface area (Å²) in [7, 11) is 1.52. The van der Waals surface area contributed by atoms with E-state index in [2.05, 4.69) is 10.9 Å². The summed E-state index contributed by atoms with van der Waals surface area (Å²) >= 11 is 0. The summed E-state index contributed by atoms with van der Waals surface area (Å²) in [5, 5.41) is 0. The van der Waals surface area contributed by atoms with Crippen LogP contribution in [-0.2, 0) is 0 Å². The van der Waals surface area contributed by atoms with Gasteiger partial charge >= 0.3 is 0 Å². The average molecular weight is 175 g/mol. The molecule has 0 atom stereocenters. The third kappa shape index (κ3) is 2.31.